The smallest absolute Gasteiger partial charge is 0.218 e. The lowest BCUT2D eigenvalue weighted by molar-refractivity contribution is 0.309. The van der Waals surface area contributed by atoms with Crippen LogP contribution >= 0.6 is 0 Å². The number of rotatable bonds is 7. The van der Waals surface area contributed by atoms with Gasteiger partial charge in [-0.3, -0.25) is 0 Å². The number of ether oxygens (including phenoxy) is 1. The third kappa shape index (κ3) is 3.86. The van der Waals surface area contributed by atoms with E-state index >= 15 is 0 Å². The lowest BCUT2D eigenvalue weighted by Crippen LogP contribution is -2.31. The first-order chi connectivity index (χ1) is 10.5. The van der Waals surface area contributed by atoms with Crippen molar-refractivity contribution in [1.29, 1.82) is 0 Å². The Morgan fingerprint density at radius 2 is 2.05 bits per heavy atom. The van der Waals surface area contributed by atoms with Crippen LogP contribution in [-0.2, 0) is 10.0 Å². The van der Waals surface area contributed by atoms with Crippen molar-refractivity contribution in [1.82, 2.24) is 14.7 Å². The maximum atomic E-state index is 11.7. The number of hydrogen-bond acceptors (Lipinski definition) is 6. The van der Waals surface area contributed by atoms with Gasteiger partial charge in [-0.15, -0.1) is 0 Å². The molecule has 0 radical (unpaired) electrons. The van der Waals surface area contributed by atoms with E-state index in [9.17, 15) is 8.42 Å². The average Bonchev–Trinajstić information content (AvgIpc) is 3.20. The van der Waals surface area contributed by atoms with E-state index in [0.717, 1.165) is 31.7 Å². The summed E-state index contributed by atoms with van der Waals surface area (Å²) in [4.78, 5) is 10.9. The predicted octanol–water partition coefficient (Wildman–Crippen LogP) is 0.846. The van der Waals surface area contributed by atoms with Gasteiger partial charge in [0.15, 0.2) is 0 Å². The number of hydrogen-bond donors (Lipinski definition) is 1. The zero-order chi connectivity index (χ0) is 15.6. The van der Waals surface area contributed by atoms with E-state index in [-0.39, 0.29) is 18.4 Å². The Kier molecular flexibility index (Phi) is 4.49. The van der Waals surface area contributed by atoms with Gasteiger partial charge in [0.1, 0.15) is 18.2 Å². The normalized spacial score (nSPS) is 18.7. The van der Waals surface area contributed by atoms with Crippen LogP contribution in [0.5, 0.6) is 5.88 Å². The van der Waals surface area contributed by atoms with Gasteiger partial charge in [-0.2, -0.15) is 4.98 Å². The second-order valence-electron chi connectivity index (χ2n) is 5.79. The fraction of sp³-hybridized carbons (Fsp3) is 0.714. The predicted molar refractivity (Wildman–Crippen MR) is 83.7 cm³/mol. The highest BCUT2D eigenvalue weighted by Crippen LogP contribution is 2.27. The molecule has 0 spiro atoms. The molecule has 1 saturated carbocycles. The molecule has 0 atom stereocenters. The number of aryl methyl sites for hydroxylation is 1. The molecule has 1 saturated heterocycles. The first-order valence-corrected chi connectivity index (χ1v) is 9.31. The van der Waals surface area contributed by atoms with Crippen LogP contribution in [0.3, 0.4) is 0 Å². The molecule has 0 amide bonds. The average molecular weight is 326 g/mol. The zero-order valence-corrected chi connectivity index (χ0v) is 13.6. The summed E-state index contributed by atoms with van der Waals surface area (Å²) in [7, 11) is -3.14. The SMILES string of the molecule is Cc1nc(OCCNS(=O)(=O)C2CC2)cc(N2CCCC2)n1. The van der Waals surface area contributed by atoms with Gasteiger partial charge in [-0.25, -0.2) is 18.1 Å². The standard InChI is InChI=1S/C14H22N4O3S/c1-11-16-13(18-7-2-3-8-18)10-14(17-11)21-9-6-15-22(19,20)12-4-5-12/h10,12,15H,2-9H2,1H3. The van der Waals surface area contributed by atoms with Crippen molar-refractivity contribution in [3.05, 3.63) is 11.9 Å². The van der Waals surface area contributed by atoms with Crippen LogP contribution in [0.1, 0.15) is 31.5 Å². The highest BCUT2D eigenvalue weighted by atomic mass is 32.2. The third-order valence-electron chi connectivity index (χ3n) is 3.85. The van der Waals surface area contributed by atoms with Crippen molar-refractivity contribution in [2.24, 2.45) is 0 Å². The Morgan fingerprint density at radius 1 is 1.32 bits per heavy atom. The van der Waals surface area contributed by atoms with Crippen LogP contribution in [-0.4, -0.2) is 49.9 Å². The molecule has 0 unspecified atom stereocenters. The van der Waals surface area contributed by atoms with Gasteiger partial charge in [-0.1, -0.05) is 0 Å². The molecule has 2 heterocycles. The van der Waals surface area contributed by atoms with E-state index < -0.39 is 10.0 Å². The lowest BCUT2D eigenvalue weighted by Gasteiger charge is -2.17. The minimum absolute atomic E-state index is 0.199. The summed E-state index contributed by atoms with van der Waals surface area (Å²) in [5.41, 5.74) is 0. The topological polar surface area (TPSA) is 84.4 Å². The van der Waals surface area contributed by atoms with E-state index in [1.807, 2.05) is 13.0 Å². The van der Waals surface area contributed by atoms with Crippen LogP contribution < -0.4 is 14.4 Å². The quantitative estimate of drug-likeness (QED) is 0.748. The Labute approximate surface area is 131 Å². The third-order valence-corrected chi connectivity index (χ3v) is 5.81. The second kappa shape index (κ2) is 6.37. The van der Waals surface area contributed by atoms with Gasteiger partial charge < -0.3 is 9.64 Å². The molecule has 8 heteroatoms. The molecule has 0 bridgehead atoms. The van der Waals surface area contributed by atoms with E-state index in [4.69, 9.17) is 4.74 Å². The van der Waals surface area contributed by atoms with Crippen molar-refractivity contribution in [2.75, 3.05) is 31.1 Å². The maximum absolute atomic E-state index is 11.7. The zero-order valence-electron chi connectivity index (χ0n) is 12.8. The van der Waals surface area contributed by atoms with Crippen molar-refractivity contribution >= 4 is 15.8 Å². The molecule has 122 valence electrons. The van der Waals surface area contributed by atoms with Crippen molar-refractivity contribution in [2.45, 2.75) is 37.9 Å². The largest absolute Gasteiger partial charge is 0.476 e. The Hall–Kier alpha value is -1.41. The second-order valence-corrected chi connectivity index (χ2v) is 7.84. The highest BCUT2D eigenvalue weighted by Gasteiger charge is 2.35. The van der Waals surface area contributed by atoms with Crippen molar-refractivity contribution in [3.63, 3.8) is 0 Å². The Bertz CT molecular complexity index is 625. The fourth-order valence-corrected chi connectivity index (χ4v) is 3.90. The minimum atomic E-state index is -3.14. The number of anilines is 1. The van der Waals surface area contributed by atoms with Crippen LogP contribution in [0.4, 0.5) is 5.82 Å². The molecule has 1 aliphatic carbocycles. The van der Waals surface area contributed by atoms with Gasteiger partial charge in [0, 0.05) is 25.7 Å². The molecule has 1 N–H and O–H groups in total. The minimum Gasteiger partial charge on any atom is -0.476 e. The maximum Gasteiger partial charge on any atom is 0.218 e. The monoisotopic (exact) mass is 326 g/mol. The first-order valence-electron chi connectivity index (χ1n) is 7.76. The van der Waals surface area contributed by atoms with E-state index in [0.29, 0.717) is 11.7 Å². The van der Waals surface area contributed by atoms with Gasteiger partial charge in [-0.05, 0) is 32.6 Å². The summed E-state index contributed by atoms with van der Waals surface area (Å²) >= 11 is 0. The summed E-state index contributed by atoms with van der Waals surface area (Å²) in [6, 6.07) is 1.83. The summed E-state index contributed by atoms with van der Waals surface area (Å²) in [5.74, 6) is 2.05. The summed E-state index contributed by atoms with van der Waals surface area (Å²) in [5, 5.41) is -0.199. The Morgan fingerprint density at radius 3 is 2.73 bits per heavy atom. The van der Waals surface area contributed by atoms with Crippen molar-refractivity contribution in [3.8, 4) is 5.88 Å². The number of nitrogens with zero attached hydrogens (tertiary/aromatic N) is 3. The van der Waals surface area contributed by atoms with Crippen LogP contribution in [0.25, 0.3) is 0 Å². The molecule has 1 aliphatic heterocycles. The molecule has 0 aromatic carbocycles. The summed E-state index contributed by atoms with van der Waals surface area (Å²) < 4.78 is 31.5. The van der Waals surface area contributed by atoms with Crippen molar-refractivity contribution < 1.29 is 13.2 Å². The van der Waals surface area contributed by atoms with E-state index in [2.05, 4.69) is 19.6 Å². The van der Waals surface area contributed by atoms with Crippen LogP contribution in [0.2, 0.25) is 0 Å². The highest BCUT2D eigenvalue weighted by molar-refractivity contribution is 7.90. The Balaban J connectivity index is 1.53. The molecule has 7 nitrogen and oxygen atoms in total. The molecular formula is C14H22N4O3S. The molecule has 1 aromatic rings. The lowest BCUT2D eigenvalue weighted by atomic mass is 10.4. The number of aromatic nitrogens is 2. The molecule has 22 heavy (non-hydrogen) atoms. The molecule has 1 aromatic heterocycles. The first kappa shape index (κ1) is 15.5. The molecule has 3 rings (SSSR count). The fourth-order valence-electron chi connectivity index (χ4n) is 2.54. The van der Waals surface area contributed by atoms with Crippen LogP contribution in [0.15, 0.2) is 6.07 Å². The van der Waals surface area contributed by atoms with E-state index in [1.54, 1.807) is 0 Å². The summed E-state index contributed by atoms with van der Waals surface area (Å²) in [6.07, 6.45) is 3.89. The number of sulfonamides is 1. The van der Waals surface area contributed by atoms with E-state index in [1.165, 1.54) is 12.8 Å². The van der Waals surface area contributed by atoms with Gasteiger partial charge >= 0.3 is 0 Å². The van der Waals surface area contributed by atoms with Gasteiger partial charge in [0.25, 0.3) is 0 Å². The van der Waals surface area contributed by atoms with Gasteiger partial charge in [0.05, 0.1) is 5.25 Å². The van der Waals surface area contributed by atoms with Gasteiger partial charge in [0.2, 0.25) is 15.9 Å². The summed E-state index contributed by atoms with van der Waals surface area (Å²) in [6.45, 7) is 4.39. The van der Waals surface area contributed by atoms with Crippen LogP contribution in [0, 0.1) is 6.92 Å². The number of nitrogens with one attached hydrogen (secondary N) is 1. The molecule has 2 aliphatic rings. The molecular weight excluding hydrogens is 304 g/mol. The molecule has 2 fully saturated rings.